The number of halogens is 1. The molecule has 5 nitrogen and oxygen atoms in total. The van der Waals surface area contributed by atoms with Gasteiger partial charge in [-0.3, -0.25) is 14.4 Å². The Hall–Kier alpha value is -3.44. The topological polar surface area (TPSA) is 75.3 Å². The fourth-order valence-corrected chi connectivity index (χ4v) is 3.16. The van der Waals surface area contributed by atoms with Crippen molar-refractivity contribution in [2.24, 2.45) is 0 Å². The van der Waals surface area contributed by atoms with Gasteiger partial charge in [0.1, 0.15) is 0 Å². The minimum absolute atomic E-state index is 0.116. The van der Waals surface area contributed by atoms with Gasteiger partial charge in [0.15, 0.2) is 5.78 Å². The number of benzene rings is 3. The van der Waals surface area contributed by atoms with Crippen molar-refractivity contribution < 1.29 is 14.4 Å². The van der Waals surface area contributed by atoms with E-state index in [1.807, 2.05) is 0 Å². The fourth-order valence-electron chi connectivity index (χ4n) is 3.04. The van der Waals surface area contributed by atoms with Gasteiger partial charge in [-0.25, -0.2) is 0 Å². The zero-order valence-electron chi connectivity index (χ0n) is 16.0. The number of nitrogens with one attached hydrogen (secondary N) is 2. The summed E-state index contributed by atoms with van der Waals surface area (Å²) in [5.41, 5.74) is 2.10. The molecule has 0 atom stereocenters. The third kappa shape index (κ3) is 4.58. The smallest absolute Gasteiger partial charge is 0.256 e. The minimum atomic E-state index is -0.400. The summed E-state index contributed by atoms with van der Waals surface area (Å²) in [7, 11) is 0. The number of carbonyl (C=O) groups is 3. The Kier molecular flexibility index (Phi) is 5.63. The SMILES string of the molecule is O=C(NC1CC1)c1ccc(NC(=O)c2ccccc2C(=O)c2ccc(Cl)cc2)cc1. The van der Waals surface area contributed by atoms with Crippen molar-refractivity contribution in [2.45, 2.75) is 18.9 Å². The molecule has 1 aliphatic carbocycles. The van der Waals surface area contributed by atoms with Crippen molar-refractivity contribution in [3.05, 3.63) is 100 Å². The Bertz CT molecular complexity index is 1100. The summed E-state index contributed by atoms with van der Waals surface area (Å²) in [5, 5.41) is 6.25. The van der Waals surface area contributed by atoms with E-state index in [9.17, 15) is 14.4 Å². The molecule has 4 rings (SSSR count). The predicted molar refractivity (Wildman–Crippen MR) is 116 cm³/mol. The van der Waals surface area contributed by atoms with E-state index in [2.05, 4.69) is 10.6 Å². The number of amides is 2. The number of anilines is 1. The van der Waals surface area contributed by atoms with Crippen LogP contribution in [0, 0.1) is 0 Å². The second kappa shape index (κ2) is 8.51. The first-order chi connectivity index (χ1) is 14.5. The summed E-state index contributed by atoms with van der Waals surface area (Å²) in [5.74, 6) is -0.776. The van der Waals surface area contributed by atoms with Crippen molar-refractivity contribution in [3.8, 4) is 0 Å². The van der Waals surface area contributed by atoms with Crippen LogP contribution in [0.2, 0.25) is 5.02 Å². The highest BCUT2D eigenvalue weighted by Crippen LogP contribution is 2.21. The molecule has 0 heterocycles. The van der Waals surface area contributed by atoms with E-state index in [4.69, 9.17) is 11.6 Å². The minimum Gasteiger partial charge on any atom is -0.349 e. The van der Waals surface area contributed by atoms with Gasteiger partial charge >= 0.3 is 0 Å². The molecule has 0 aromatic heterocycles. The summed E-state index contributed by atoms with van der Waals surface area (Å²) >= 11 is 5.89. The molecule has 1 fully saturated rings. The Balaban J connectivity index is 1.50. The first-order valence-corrected chi connectivity index (χ1v) is 10.0. The van der Waals surface area contributed by atoms with Crippen molar-refractivity contribution in [3.63, 3.8) is 0 Å². The first-order valence-electron chi connectivity index (χ1n) is 9.63. The molecule has 3 aromatic rings. The van der Waals surface area contributed by atoms with Crippen molar-refractivity contribution in [1.82, 2.24) is 5.32 Å². The van der Waals surface area contributed by atoms with Crippen LogP contribution in [-0.4, -0.2) is 23.6 Å². The molecule has 1 saturated carbocycles. The van der Waals surface area contributed by atoms with E-state index in [1.165, 1.54) is 0 Å². The van der Waals surface area contributed by atoms with Gasteiger partial charge in [0.2, 0.25) is 0 Å². The predicted octanol–water partition coefficient (Wildman–Crippen LogP) is 4.72. The van der Waals surface area contributed by atoms with Crippen LogP contribution >= 0.6 is 11.6 Å². The maximum atomic E-state index is 12.9. The zero-order valence-corrected chi connectivity index (χ0v) is 16.8. The molecule has 2 N–H and O–H groups in total. The Morgan fingerprint density at radius 3 is 1.97 bits per heavy atom. The summed E-state index contributed by atoms with van der Waals surface area (Å²) < 4.78 is 0. The largest absolute Gasteiger partial charge is 0.349 e. The van der Waals surface area contributed by atoms with Gasteiger partial charge in [-0.15, -0.1) is 0 Å². The fraction of sp³-hybridized carbons (Fsp3) is 0.125. The van der Waals surface area contributed by atoms with Gasteiger partial charge in [0.05, 0.1) is 5.56 Å². The highest BCUT2D eigenvalue weighted by Gasteiger charge is 2.24. The number of rotatable bonds is 6. The van der Waals surface area contributed by atoms with Gasteiger partial charge in [0, 0.05) is 33.4 Å². The third-order valence-electron chi connectivity index (χ3n) is 4.84. The van der Waals surface area contributed by atoms with E-state index in [1.54, 1.807) is 72.8 Å². The van der Waals surface area contributed by atoms with Gasteiger partial charge in [0.25, 0.3) is 11.8 Å². The maximum absolute atomic E-state index is 12.9. The van der Waals surface area contributed by atoms with E-state index in [-0.39, 0.29) is 23.3 Å². The molecule has 0 unspecified atom stereocenters. The number of hydrogen-bond acceptors (Lipinski definition) is 3. The highest BCUT2D eigenvalue weighted by molar-refractivity contribution is 6.30. The number of ketones is 1. The highest BCUT2D eigenvalue weighted by atomic mass is 35.5. The molecular weight excluding hydrogens is 400 g/mol. The van der Waals surface area contributed by atoms with Crippen molar-refractivity contribution in [2.75, 3.05) is 5.32 Å². The monoisotopic (exact) mass is 418 g/mol. The van der Waals surface area contributed by atoms with E-state index in [0.29, 0.717) is 27.4 Å². The maximum Gasteiger partial charge on any atom is 0.256 e. The van der Waals surface area contributed by atoms with Crippen LogP contribution in [0.1, 0.15) is 49.5 Å². The Labute approximate surface area is 179 Å². The molecule has 150 valence electrons. The van der Waals surface area contributed by atoms with Crippen LogP contribution in [0.15, 0.2) is 72.8 Å². The molecule has 0 spiro atoms. The Morgan fingerprint density at radius 2 is 1.33 bits per heavy atom. The standard InChI is InChI=1S/C24H19ClN2O3/c25-17-9-5-15(6-10-17)22(28)20-3-1-2-4-21(20)24(30)27-18-11-7-16(8-12-18)23(29)26-19-13-14-19/h1-12,19H,13-14H2,(H,26,29)(H,27,30). The van der Waals surface area contributed by atoms with Crippen LogP contribution in [0.5, 0.6) is 0 Å². The summed E-state index contributed by atoms with van der Waals surface area (Å²) in [6.07, 6.45) is 2.04. The molecule has 0 bridgehead atoms. The van der Waals surface area contributed by atoms with Crippen LogP contribution in [0.4, 0.5) is 5.69 Å². The van der Waals surface area contributed by atoms with E-state index in [0.717, 1.165) is 12.8 Å². The lowest BCUT2D eigenvalue weighted by Gasteiger charge is -2.10. The molecule has 0 radical (unpaired) electrons. The second-order valence-electron chi connectivity index (χ2n) is 7.16. The van der Waals surface area contributed by atoms with Gasteiger partial charge in [-0.1, -0.05) is 29.8 Å². The van der Waals surface area contributed by atoms with Crippen molar-refractivity contribution >= 4 is 34.9 Å². The van der Waals surface area contributed by atoms with E-state index >= 15 is 0 Å². The molecular formula is C24H19ClN2O3. The second-order valence-corrected chi connectivity index (χ2v) is 7.60. The van der Waals surface area contributed by atoms with Crippen LogP contribution in [0.25, 0.3) is 0 Å². The third-order valence-corrected chi connectivity index (χ3v) is 5.09. The quantitative estimate of drug-likeness (QED) is 0.569. The van der Waals surface area contributed by atoms with Gasteiger partial charge in [-0.2, -0.15) is 0 Å². The van der Waals surface area contributed by atoms with Crippen LogP contribution in [-0.2, 0) is 0 Å². The van der Waals surface area contributed by atoms with Crippen LogP contribution < -0.4 is 10.6 Å². The Morgan fingerprint density at radius 1 is 0.733 bits per heavy atom. The lowest BCUT2D eigenvalue weighted by molar-refractivity contribution is 0.0950. The molecule has 6 heteroatoms. The number of carbonyl (C=O) groups excluding carboxylic acids is 3. The van der Waals surface area contributed by atoms with E-state index < -0.39 is 5.91 Å². The normalized spacial score (nSPS) is 12.8. The average Bonchev–Trinajstić information content (AvgIpc) is 3.58. The molecule has 30 heavy (non-hydrogen) atoms. The van der Waals surface area contributed by atoms with Gasteiger partial charge in [-0.05, 0) is 67.4 Å². The molecule has 0 saturated heterocycles. The lowest BCUT2D eigenvalue weighted by atomic mass is 9.98. The first kappa shape index (κ1) is 19.9. The molecule has 0 aliphatic heterocycles. The molecule has 2 amide bonds. The molecule has 1 aliphatic rings. The van der Waals surface area contributed by atoms with Crippen LogP contribution in [0.3, 0.4) is 0 Å². The van der Waals surface area contributed by atoms with Gasteiger partial charge < -0.3 is 10.6 Å². The summed E-state index contributed by atoms with van der Waals surface area (Å²) in [6.45, 7) is 0. The lowest BCUT2D eigenvalue weighted by Crippen LogP contribution is -2.25. The summed E-state index contributed by atoms with van der Waals surface area (Å²) in [6, 6.07) is 20.1. The molecule has 3 aromatic carbocycles. The average molecular weight is 419 g/mol. The summed E-state index contributed by atoms with van der Waals surface area (Å²) in [4.78, 5) is 37.8. The zero-order chi connectivity index (χ0) is 21.1. The van der Waals surface area contributed by atoms with Crippen molar-refractivity contribution in [1.29, 1.82) is 0 Å². The number of hydrogen-bond donors (Lipinski definition) is 2.